The molecule has 1 fully saturated rings. The molecule has 0 heteroatoms. The van der Waals surface area contributed by atoms with Crippen molar-refractivity contribution in [3.05, 3.63) is 12.2 Å². The average Bonchev–Trinajstić information content (AvgIpc) is 2.21. The molecule has 0 N–H and O–H groups in total. The van der Waals surface area contributed by atoms with Gasteiger partial charge >= 0.3 is 0 Å². The highest BCUT2D eigenvalue weighted by Crippen LogP contribution is 2.35. The van der Waals surface area contributed by atoms with E-state index >= 15 is 0 Å². The summed E-state index contributed by atoms with van der Waals surface area (Å²) in [5.41, 5.74) is 0. The molecule has 0 heterocycles. The third-order valence-corrected chi connectivity index (χ3v) is 3.63. The minimum atomic E-state index is 1.05. The molecule has 0 nitrogen and oxygen atoms in total. The maximum atomic E-state index is 2.41. The molecular weight excluding hydrogens is 144 g/mol. The molecule has 0 saturated heterocycles. The number of hydrogen-bond acceptors (Lipinski definition) is 0. The molecule has 0 spiro atoms. The first kappa shape index (κ1) is 8.34. The molecular formula is C12H20. The summed E-state index contributed by atoms with van der Waals surface area (Å²) in [6, 6.07) is 0. The maximum absolute atomic E-state index is 2.41. The predicted molar refractivity (Wildman–Crippen MR) is 53.1 cm³/mol. The van der Waals surface area contributed by atoms with Crippen molar-refractivity contribution in [3.8, 4) is 0 Å². The van der Waals surface area contributed by atoms with E-state index in [0.29, 0.717) is 0 Å². The van der Waals surface area contributed by atoms with E-state index in [1.54, 1.807) is 0 Å². The fourth-order valence-electron chi connectivity index (χ4n) is 2.85. The molecule has 12 heavy (non-hydrogen) atoms. The Morgan fingerprint density at radius 1 is 0.750 bits per heavy atom. The van der Waals surface area contributed by atoms with E-state index in [1.165, 1.54) is 51.4 Å². The van der Waals surface area contributed by atoms with Gasteiger partial charge < -0.3 is 0 Å². The van der Waals surface area contributed by atoms with Crippen molar-refractivity contribution in [2.75, 3.05) is 0 Å². The van der Waals surface area contributed by atoms with Crippen molar-refractivity contribution < 1.29 is 0 Å². The van der Waals surface area contributed by atoms with Gasteiger partial charge in [0.1, 0.15) is 0 Å². The van der Waals surface area contributed by atoms with Gasteiger partial charge in [-0.3, -0.25) is 0 Å². The van der Waals surface area contributed by atoms with Crippen LogP contribution in [0.15, 0.2) is 12.2 Å². The van der Waals surface area contributed by atoms with Crippen molar-refractivity contribution in [1.29, 1.82) is 0 Å². The molecule has 0 amide bonds. The summed E-state index contributed by atoms with van der Waals surface area (Å²) in [4.78, 5) is 0. The van der Waals surface area contributed by atoms with Gasteiger partial charge in [0.25, 0.3) is 0 Å². The molecule has 0 aromatic carbocycles. The minimum Gasteiger partial charge on any atom is -0.0885 e. The molecule has 2 aliphatic rings. The lowest BCUT2D eigenvalue weighted by atomic mass is 9.75. The third kappa shape index (κ3) is 1.91. The van der Waals surface area contributed by atoms with E-state index in [-0.39, 0.29) is 0 Å². The van der Waals surface area contributed by atoms with Crippen molar-refractivity contribution in [1.82, 2.24) is 0 Å². The number of hydrogen-bond donors (Lipinski definition) is 0. The van der Waals surface area contributed by atoms with Crippen LogP contribution in [0.25, 0.3) is 0 Å². The SMILES string of the molecule is C1=CCC(C2CCCCC2)CC1. The van der Waals surface area contributed by atoms with E-state index in [9.17, 15) is 0 Å². The zero-order valence-electron chi connectivity index (χ0n) is 7.97. The highest BCUT2D eigenvalue weighted by molar-refractivity contribution is 4.92. The minimum absolute atomic E-state index is 1.05. The van der Waals surface area contributed by atoms with Crippen LogP contribution in [0.5, 0.6) is 0 Å². The lowest BCUT2D eigenvalue weighted by Crippen LogP contribution is -2.18. The van der Waals surface area contributed by atoms with Gasteiger partial charge in [0.2, 0.25) is 0 Å². The average molecular weight is 164 g/mol. The Kier molecular flexibility index (Phi) is 2.86. The first-order valence-corrected chi connectivity index (χ1v) is 5.62. The van der Waals surface area contributed by atoms with Crippen LogP contribution in [0.2, 0.25) is 0 Å². The number of allylic oxidation sites excluding steroid dienone is 2. The van der Waals surface area contributed by atoms with Crippen LogP contribution in [0.3, 0.4) is 0 Å². The van der Waals surface area contributed by atoms with Gasteiger partial charge in [-0.2, -0.15) is 0 Å². The Hall–Kier alpha value is -0.260. The third-order valence-electron chi connectivity index (χ3n) is 3.63. The van der Waals surface area contributed by atoms with E-state index in [0.717, 1.165) is 11.8 Å². The van der Waals surface area contributed by atoms with Crippen LogP contribution in [0.1, 0.15) is 51.4 Å². The molecule has 68 valence electrons. The van der Waals surface area contributed by atoms with Gasteiger partial charge in [0, 0.05) is 0 Å². The Morgan fingerprint density at radius 3 is 2.25 bits per heavy atom. The fourth-order valence-corrected chi connectivity index (χ4v) is 2.85. The van der Waals surface area contributed by atoms with Crippen molar-refractivity contribution in [2.45, 2.75) is 51.4 Å². The Morgan fingerprint density at radius 2 is 1.58 bits per heavy atom. The smallest absolute Gasteiger partial charge is 0.0319 e. The molecule has 0 aliphatic heterocycles. The second-order valence-electron chi connectivity index (χ2n) is 4.44. The summed E-state index contributed by atoms with van der Waals surface area (Å²) >= 11 is 0. The predicted octanol–water partition coefficient (Wildman–Crippen LogP) is 3.92. The van der Waals surface area contributed by atoms with Crippen LogP contribution in [-0.4, -0.2) is 0 Å². The molecule has 2 rings (SSSR count). The van der Waals surface area contributed by atoms with Gasteiger partial charge in [0.05, 0.1) is 0 Å². The first-order chi connectivity index (χ1) is 5.97. The highest BCUT2D eigenvalue weighted by Gasteiger charge is 2.22. The van der Waals surface area contributed by atoms with Gasteiger partial charge in [-0.15, -0.1) is 0 Å². The lowest BCUT2D eigenvalue weighted by molar-refractivity contribution is 0.234. The zero-order valence-corrected chi connectivity index (χ0v) is 7.97. The van der Waals surface area contributed by atoms with E-state index in [1.807, 2.05) is 0 Å². The largest absolute Gasteiger partial charge is 0.0885 e. The van der Waals surface area contributed by atoms with Gasteiger partial charge in [-0.05, 0) is 31.1 Å². The van der Waals surface area contributed by atoms with Crippen LogP contribution in [0.4, 0.5) is 0 Å². The Bertz CT molecular complexity index is 151. The first-order valence-electron chi connectivity index (χ1n) is 5.62. The summed E-state index contributed by atoms with van der Waals surface area (Å²) < 4.78 is 0. The molecule has 0 aromatic heterocycles. The monoisotopic (exact) mass is 164 g/mol. The fraction of sp³-hybridized carbons (Fsp3) is 0.833. The summed E-state index contributed by atoms with van der Waals surface area (Å²) in [6.45, 7) is 0. The summed E-state index contributed by atoms with van der Waals surface area (Å²) in [7, 11) is 0. The molecule has 1 atom stereocenters. The van der Waals surface area contributed by atoms with E-state index in [2.05, 4.69) is 12.2 Å². The molecule has 2 aliphatic carbocycles. The van der Waals surface area contributed by atoms with Crippen molar-refractivity contribution in [2.24, 2.45) is 11.8 Å². The quantitative estimate of drug-likeness (QED) is 0.515. The van der Waals surface area contributed by atoms with Crippen molar-refractivity contribution in [3.63, 3.8) is 0 Å². The highest BCUT2D eigenvalue weighted by atomic mass is 14.3. The standard InChI is InChI=1S/C12H20/c1-3-7-11(8-4-1)12-9-5-2-6-10-12/h1,3,11-12H,2,4-10H2. The normalized spacial score (nSPS) is 32.2. The van der Waals surface area contributed by atoms with Crippen LogP contribution in [-0.2, 0) is 0 Å². The topological polar surface area (TPSA) is 0 Å². The number of rotatable bonds is 1. The maximum Gasteiger partial charge on any atom is -0.0319 e. The molecule has 0 radical (unpaired) electrons. The molecule has 0 bridgehead atoms. The van der Waals surface area contributed by atoms with E-state index in [4.69, 9.17) is 0 Å². The Balaban J connectivity index is 1.85. The van der Waals surface area contributed by atoms with Crippen molar-refractivity contribution >= 4 is 0 Å². The second kappa shape index (κ2) is 4.11. The van der Waals surface area contributed by atoms with Gasteiger partial charge in [0.15, 0.2) is 0 Å². The zero-order chi connectivity index (χ0) is 8.23. The van der Waals surface area contributed by atoms with Crippen LogP contribution in [0, 0.1) is 11.8 Å². The molecule has 1 saturated carbocycles. The van der Waals surface area contributed by atoms with Crippen LogP contribution >= 0.6 is 0 Å². The van der Waals surface area contributed by atoms with Crippen LogP contribution < -0.4 is 0 Å². The van der Waals surface area contributed by atoms with Gasteiger partial charge in [-0.25, -0.2) is 0 Å². The van der Waals surface area contributed by atoms with E-state index < -0.39 is 0 Å². The summed E-state index contributed by atoms with van der Waals surface area (Å²) in [5.74, 6) is 2.14. The van der Waals surface area contributed by atoms with Gasteiger partial charge in [-0.1, -0.05) is 44.3 Å². The Labute approximate surface area is 76.1 Å². The second-order valence-corrected chi connectivity index (χ2v) is 4.44. The summed E-state index contributed by atoms with van der Waals surface area (Å²) in [5, 5.41) is 0. The molecule has 0 aromatic rings. The summed E-state index contributed by atoms with van der Waals surface area (Å²) in [6.07, 6.45) is 16.5. The lowest BCUT2D eigenvalue weighted by Gasteiger charge is -2.30. The molecule has 1 unspecified atom stereocenters.